The molecule has 5 nitrogen and oxygen atoms in total. The van der Waals surface area contributed by atoms with Crippen molar-refractivity contribution in [1.82, 2.24) is 15.1 Å². The van der Waals surface area contributed by atoms with Crippen molar-refractivity contribution >= 4 is 17.2 Å². The molecule has 1 aliphatic rings. The number of carbonyl (C=O) groups is 1. The Morgan fingerprint density at radius 1 is 1.10 bits per heavy atom. The zero-order chi connectivity index (χ0) is 22.4. The minimum absolute atomic E-state index is 0.0229. The number of amides is 1. The van der Waals surface area contributed by atoms with Gasteiger partial charge >= 0.3 is 12.4 Å². The van der Waals surface area contributed by atoms with Crippen LogP contribution in [0.1, 0.15) is 46.3 Å². The van der Waals surface area contributed by atoms with Crippen molar-refractivity contribution in [3.63, 3.8) is 0 Å². The Hall–Kier alpha value is -2.89. The van der Waals surface area contributed by atoms with Crippen LogP contribution >= 0.6 is 11.3 Å². The molecule has 1 fully saturated rings. The van der Waals surface area contributed by atoms with Crippen LogP contribution in [-0.4, -0.2) is 27.5 Å². The van der Waals surface area contributed by atoms with Gasteiger partial charge in [-0.3, -0.25) is 4.79 Å². The standard InChI is InChI=1S/C19H13F6N3O2S/c20-18(21,22)10-5-6-12(19(23,24)25)11(9-10)17(29)28-7-1-3-13(28)15-26-27-16(30-15)14-4-2-8-31-14/h2,4-6,8-9,13H,1,3,7H2. The van der Waals surface area contributed by atoms with Gasteiger partial charge in [0.1, 0.15) is 6.04 Å². The summed E-state index contributed by atoms with van der Waals surface area (Å²) in [5.41, 5.74) is -3.83. The first-order chi connectivity index (χ1) is 14.6. The summed E-state index contributed by atoms with van der Waals surface area (Å²) in [6, 6.07) is 3.50. The van der Waals surface area contributed by atoms with E-state index in [1.807, 2.05) is 0 Å². The van der Waals surface area contributed by atoms with Gasteiger partial charge in [0, 0.05) is 6.54 Å². The predicted molar refractivity (Wildman–Crippen MR) is 97.1 cm³/mol. The molecule has 1 unspecified atom stereocenters. The summed E-state index contributed by atoms with van der Waals surface area (Å²) in [6.45, 7) is 0.0494. The SMILES string of the molecule is O=C(c1cc(C(F)(F)F)ccc1C(F)(F)F)N1CCCC1c1nnc(-c2cccs2)o1. The molecule has 4 rings (SSSR count). The highest BCUT2D eigenvalue weighted by Crippen LogP contribution is 2.40. The highest BCUT2D eigenvalue weighted by molar-refractivity contribution is 7.13. The molecule has 1 saturated heterocycles. The molecule has 1 amide bonds. The molecule has 12 heteroatoms. The van der Waals surface area contributed by atoms with Gasteiger partial charge in [-0.1, -0.05) is 6.07 Å². The fourth-order valence-corrected chi connectivity index (χ4v) is 4.08. The van der Waals surface area contributed by atoms with Gasteiger partial charge in [0.25, 0.3) is 11.8 Å². The Bertz CT molecular complexity index is 1090. The molecule has 1 aliphatic heterocycles. The van der Waals surface area contributed by atoms with E-state index in [1.54, 1.807) is 17.5 Å². The van der Waals surface area contributed by atoms with Crippen molar-refractivity contribution in [3.05, 3.63) is 58.3 Å². The van der Waals surface area contributed by atoms with Gasteiger partial charge < -0.3 is 9.32 Å². The van der Waals surface area contributed by atoms with Crippen molar-refractivity contribution < 1.29 is 35.6 Å². The largest absolute Gasteiger partial charge is 0.418 e. The Kier molecular flexibility index (Phi) is 5.28. The van der Waals surface area contributed by atoms with E-state index in [1.165, 1.54) is 11.3 Å². The van der Waals surface area contributed by atoms with Crippen molar-refractivity contribution in [3.8, 4) is 10.8 Å². The van der Waals surface area contributed by atoms with Gasteiger partial charge in [-0.15, -0.1) is 21.5 Å². The number of halogens is 6. The molecular formula is C19H13F6N3O2S. The average molecular weight is 461 g/mol. The van der Waals surface area contributed by atoms with Gasteiger partial charge in [-0.2, -0.15) is 26.3 Å². The predicted octanol–water partition coefficient (Wildman–Crippen LogP) is 5.81. The molecule has 1 atom stereocenters. The highest BCUT2D eigenvalue weighted by atomic mass is 32.1. The van der Waals surface area contributed by atoms with E-state index in [9.17, 15) is 31.1 Å². The van der Waals surface area contributed by atoms with Gasteiger partial charge in [-0.25, -0.2) is 0 Å². The van der Waals surface area contributed by atoms with Gasteiger partial charge in [-0.05, 0) is 42.5 Å². The number of rotatable bonds is 3. The molecule has 1 aromatic carbocycles. The first-order valence-electron chi connectivity index (χ1n) is 9.02. The van der Waals surface area contributed by atoms with E-state index < -0.39 is 41.0 Å². The summed E-state index contributed by atoms with van der Waals surface area (Å²) in [5.74, 6) is -0.953. The van der Waals surface area contributed by atoms with Crippen LogP contribution in [0.4, 0.5) is 26.3 Å². The normalized spacial score (nSPS) is 17.4. The summed E-state index contributed by atoms with van der Waals surface area (Å²) >= 11 is 1.34. The Morgan fingerprint density at radius 2 is 1.87 bits per heavy atom. The third-order valence-electron chi connectivity index (χ3n) is 4.85. The molecule has 164 valence electrons. The summed E-state index contributed by atoms with van der Waals surface area (Å²) in [5, 5.41) is 9.59. The monoisotopic (exact) mass is 461 g/mol. The summed E-state index contributed by atoms with van der Waals surface area (Å²) in [7, 11) is 0. The quantitative estimate of drug-likeness (QED) is 0.462. The third kappa shape index (κ3) is 4.16. The van der Waals surface area contributed by atoms with Gasteiger partial charge in [0.15, 0.2) is 0 Å². The topological polar surface area (TPSA) is 59.2 Å². The lowest BCUT2D eigenvalue weighted by Crippen LogP contribution is -2.32. The van der Waals surface area contributed by atoms with Crippen molar-refractivity contribution in [2.75, 3.05) is 6.54 Å². The van der Waals surface area contributed by atoms with E-state index in [2.05, 4.69) is 10.2 Å². The number of thiophene rings is 1. The molecule has 0 spiro atoms. The lowest BCUT2D eigenvalue weighted by Gasteiger charge is -2.24. The second kappa shape index (κ2) is 7.66. The number of benzene rings is 1. The van der Waals surface area contributed by atoms with Crippen LogP contribution in [-0.2, 0) is 12.4 Å². The van der Waals surface area contributed by atoms with Crippen LogP contribution in [0, 0.1) is 0 Å². The Morgan fingerprint density at radius 3 is 2.52 bits per heavy atom. The molecule has 0 bridgehead atoms. The first-order valence-corrected chi connectivity index (χ1v) is 9.90. The number of hydrogen-bond donors (Lipinski definition) is 0. The number of alkyl halides is 6. The van der Waals surface area contributed by atoms with Gasteiger partial charge in [0.05, 0.1) is 21.6 Å². The van der Waals surface area contributed by atoms with Crippen LogP contribution < -0.4 is 0 Å². The molecule has 3 aromatic rings. The summed E-state index contributed by atoms with van der Waals surface area (Å²) in [4.78, 5) is 14.7. The Balaban J connectivity index is 1.70. The number of nitrogens with zero attached hydrogens (tertiary/aromatic N) is 3. The maximum atomic E-state index is 13.4. The number of hydrogen-bond acceptors (Lipinski definition) is 5. The van der Waals surface area contributed by atoms with Crippen LogP contribution in [0.5, 0.6) is 0 Å². The summed E-state index contributed by atoms with van der Waals surface area (Å²) in [6.07, 6.45) is -9.14. The van der Waals surface area contributed by atoms with Gasteiger partial charge in [0.2, 0.25) is 5.89 Å². The smallest absolute Gasteiger partial charge is 0.417 e. The van der Waals surface area contributed by atoms with E-state index in [0.29, 0.717) is 23.8 Å². The fraction of sp³-hybridized carbons (Fsp3) is 0.316. The molecule has 31 heavy (non-hydrogen) atoms. The average Bonchev–Trinajstić information content (AvgIpc) is 3.45. The molecule has 3 heterocycles. The maximum absolute atomic E-state index is 13.4. The second-order valence-corrected chi connectivity index (χ2v) is 7.78. The lowest BCUT2D eigenvalue weighted by molar-refractivity contribution is -0.141. The van der Waals surface area contributed by atoms with E-state index >= 15 is 0 Å². The molecule has 0 aliphatic carbocycles. The highest BCUT2D eigenvalue weighted by Gasteiger charge is 2.42. The van der Waals surface area contributed by atoms with Crippen molar-refractivity contribution in [1.29, 1.82) is 0 Å². The summed E-state index contributed by atoms with van der Waals surface area (Å²) < 4.78 is 85.1. The van der Waals surface area contributed by atoms with E-state index in [0.717, 1.165) is 4.90 Å². The van der Waals surface area contributed by atoms with Crippen LogP contribution in [0.2, 0.25) is 0 Å². The van der Waals surface area contributed by atoms with Crippen molar-refractivity contribution in [2.45, 2.75) is 31.2 Å². The second-order valence-electron chi connectivity index (χ2n) is 6.84. The number of aromatic nitrogens is 2. The van der Waals surface area contributed by atoms with E-state index in [-0.39, 0.29) is 30.5 Å². The minimum Gasteiger partial charge on any atom is -0.418 e. The zero-order valence-electron chi connectivity index (χ0n) is 15.5. The number of likely N-dealkylation sites (tertiary alicyclic amines) is 1. The van der Waals surface area contributed by atoms with Crippen molar-refractivity contribution in [2.24, 2.45) is 0 Å². The molecular weight excluding hydrogens is 448 g/mol. The molecule has 0 N–H and O–H groups in total. The zero-order valence-corrected chi connectivity index (χ0v) is 16.3. The lowest BCUT2D eigenvalue weighted by atomic mass is 10.0. The molecule has 2 aromatic heterocycles. The van der Waals surface area contributed by atoms with Crippen LogP contribution in [0.3, 0.4) is 0 Å². The maximum Gasteiger partial charge on any atom is 0.417 e. The van der Waals surface area contributed by atoms with E-state index in [4.69, 9.17) is 4.42 Å². The molecule has 0 saturated carbocycles. The van der Waals surface area contributed by atoms with Crippen LogP contribution in [0.15, 0.2) is 40.1 Å². The first kappa shape index (κ1) is 21.3. The minimum atomic E-state index is -5.00. The fourth-order valence-electron chi connectivity index (χ4n) is 3.44. The number of carbonyl (C=O) groups excluding carboxylic acids is 1. The molecule has 0 radical (unpaired) electrons. The Labute approximate surface area is 175 Å². The van der Waals surface area contributed by atoms with Crippen LogP contribution in [0.25, 0.3) is 10.8 Å². The third-order valence-corrected chi connectivity index (χ3v) is 5.71.